The zero-order valence-electron chi connectivity index (χ0n) is 12.2. The van der Waals surface area contributed by atoms with Crippen molar-refractivity contribution in [2.75, 3.05) is 7.11 Å². The van der Waals surface area contributed by atoms with E-state index in [1.165, 1.54) is 12.1 Å². The number of aryl methyl sites for hydroxylation is 1. The van der Waals surface area contributed by atoms with Gasteiger partial charge in [0.05, 0.1) is 12.1 Å². The Morgan fingerprint density at radius 2 is 2.05 bits per heavy atom. The molecule has 0 aliphatic heterocycles. The Kier molecular flexibility index (Phi) is 4.16. The van der Waals surface area contributed by atoms with Crippen LogP contribution in [0.5, 0.6) is 5.75 Å². The number of ether oxygens (including phenoxy) is 1. The summed E-state index contributed by atoms with van der Waals surface area (Å²) < 4.78 is 18.9. The molecule has 3 rings (SSSR count). The number of rotatable bonds is 2. The van der Waals surface area contributed by atoms with Crippen molar-refractivity contribution < 1.29 is 13.9 Å². The van der Waals surface area contributed by atoms with E-state index in [2.05, 4.69) is 0 Å². The smallest absolute Gasteiger partial charge is 0.170 e. The molecule has 1 atom stereocenters. The van der Waals surface area contributed by atoms with Crippen LogP contribution in [0.3, 0.4) is 0 Å². The maximum absolute atomic E-state index is 13.7. The monoisotopic (exact) mass is 318 g/mol. The van der Waals surface area contributed by atoms with Gasteiger partial charge >= 0.3 is 0 Å². The number of carbonyl (C=O) groups is 1. The summed E-state index contributed by atoms with van der Waals surface area (Å²) in [5, 5.41) is 0.0787. The zero-order chi connectivity index (χ0) is 15.7. The van der Waals surface area contributed by atoms with Gasteiger partial charge in [-0.1, -0.05) is 17.7 Å². The molecule has 0 N–H and O–H groups in total. The van der Waals surface area contributed by atoms with E-state index in [1.54, 1.807) is 25.3 Å². The third-order valence-electron chi connectivity index (χ3n) is 4.18. The Morgan fingerprint density at radius 3 is 2.77 bits per heavy atom. The Balaban J connectivity index is 2.00. The van der Waals surface area contributed by atoms with Crippen molar-refractivity contribution >= 4 is 17.4 Å². The molecular formula is C18H16ClFO2. The number of carbonyl (C=O) groups excluding carboxylic acids is 1. The van der Waals surface area contributed by atoms with Crippen molar-refractivity contribution in [2.24, 2.45) is 0 Å². The van der Waals surface area contributed by atoms with E-state index >= 15 is 0 Å². The molecule has 4 heteroatoms. The highest BCUT2D eigenvalue weighted by atomic mass is 35.5. The lowest BCUT2D eigenvalue weighted by atomic mass is 9.88. The van der Waals surface area contributed by atoms with Crippen LogP contribution in [-0.2, 0) is 6.42 Å². The fourth-order valence-electron chi connectivity index (χ4n) is 3.01. The summed E-state index contributed by atoms with van der Waals surface area (Å²) in [4.78, 5) is 12.8. The molecule has 2 aromatic rings. The number of hydrogen-bond acceptors (Lipinski definition) is 2. The molecule has 114 valence electrons. The Morgan fingerprint density at radius 1 is 1.23 bits per heavy atom. The van der Waals surface area contributed by atoms with E-state index in [-0.39, 0.29) is 16.7 Å². The van der Waals surface area contributed by atoms with E-state index in [9.17, 15) is 9.18 Å². The van der Waals surface area contributed by atoms with Crippen LogP contribution in [-0.4, -0.2) is 12.9 Å². The Bertz CT molecular complexity index is 727. The summed E-state index contributed by atoms with van der Waals surface area (Å²) in [7, 11) is 1.61. The number of ketones is 1. The molecule has 2 nitrogen and oxygen atoms in total. The predicted octanol–water partition coefficient (Wildman–Crippen LogP) is 4.79. The van der Waals surface area contributed by atoms with Gasteiger partial charge in [0.15, 0.2) is 5.78 Å². The van der Waals surface area contributed by atoms with E-state index in [4.69, 9.17) is 16.3 Å². The highest BCUT2D eigenvalue weighted by molar-refractivity contribution is 6.30. The average molecular weight is 319 g/mol. The predicted molar refractivity (Wildman–Crippen MR) is 84.4 cm³/mol. The third kappa shape index (κ3) is 2.73. The van der Waals surface area contributed by atoms with Crippen molar-refractivity contribution in [2.45, 2.75) is 25.2 Å². The summed E-state index contributed by atoms with van der Waals surface area (Å²) in [5.74, 6) is -0.00741. The topological polar surface area (TPSA) is 26.3 Å². The van der Waals surface area contributed by atoms with Crippen LogP contribution in [0.1, 0.15) is 40.2 Å². The Labute approximate surface area is 133 Å². The quantitative estimate of drug-likeness (QED) is 0.744. The molecule has 1 aliphatic rings. The van der Waals surface area contributed by atoms with Crippen molar-refractivity contribution in [1.82, 2.24) is 0 Å². The van der Waals surface area contributed by atoms with Crippen molar-refractivity contribution in [3.05, 3.63) is 63.9 Å². The highest BCUT2D eigenvalue weighted by Gasteiger charge is 2.27. The molecule has 0 aromatic heterocycles. The SMILES string of the molecule is COc1ccc2c(c1)CCCC(c1ccc(Cl)c(F)c1)C2=O. The number of methoxy groups -OCH3 is 1. The van der Waals surface area contributed by atoms with E-state index in [0.717, 1.165) is 24.2 Å². The molecule has 0 fully saturated rings. The fraction of sp³-hybridized carbons (Fsp3) is 0.278. The summed E-state index contributed by atoms with van der Waals surface area (Å²) in [6, 6.07) is 10.1. The van der Waals surface area contributed by atoms with Gasteiger partial charge in [-0.15, -0.1) is 0 Å². The zero-order valence-corrected chi connectivity index (χ0v) is 13.0. The number of hydrogen-bond donors (Lipinski definition) is 0. The van der Waals surface area contributed by atoms with Crippen LogP contribution < -0.4 is 4.74 Å². The van der Waals surface area contributed by atoms with Crippen molar-refractivity contribution in [3.63, 3.8) is 0 Å². The minimum atomic E-state index is -0.480. The van der Waals surface area contributed by atoms with Gasteiger partial charge in [0.2, 0.25) is 0 Å². The van der Waals surface area contributed by atoms with Crippen LogP contribution in [0.4, 0.5) is 4.39 Å². The van der Waals surface area contributed by atoms with Crippen LogP contribution in [0, 0.1) is 5.82 Å². The van der Waals surface area contributed by atoms with E-state index in [1.807, 2.05) is 6.07 Å². The first-order valence-corrected chi connectivity index (χ1v) is 7.64. The Hall–Kier alpha value is -1.87. The molecule has 2 aromatic carbocycles. The molecule has 0 amide bonds. The molecule has 1 unspecified atom stereocenters. The minimum absolute atomic E-state index is 0.0388. The van der Waals surface area contributed by atoms with Crippen molar-refractivity contribution in [3.8, 4) is 5.75 Å². The molecule has 0 bridgehead atoms. The minimum Gasteiger partial charge on any atom is -0.497 e. The number of halogens is 2. The molecular weight excluding hydrogens is 303 g/mol. The molecule has 0 saturated carbocycles. The maximum Gasteiger partial charge on any atom is 0.170 e. The molecule has 0 radical (unpaired) electrons. The van der Waals surface area contributed by atoms with Gasteiger partial charge < -0.3 is 4.74 Å². The van der Waals surface area contributed by atoms with Crippen LogP contribution in [0.15, 0.2) is 36.4 Å². The van der Waals surface area contributed by atoms with E-state index in [0.29, 0.717) is 17.5 Å². The van der Waals surface area contributed by atoms with Gasteiger partial charge in [0, 0.05) is 11.5 Å². The average Bonchev–Trinajstić information content (AvgIpc) is 2.69. The number of benzene rings is 2. The number of fused-ring (bicyclic) bond motifs is 1. The lowest BCUT2D eigenvalue weighted by Crippen LogP contribution is -2.12. The molecule has 0 heterocycles. The van der Waals surface area contributed by atoms with Gasteiger partial charge in [-0.2, -0.15) is 0 Å². The van der Waals surface area contributed by atoms with Crippen LogP contribution in [0.2, 0.25) is 5.02 Å². The van der Waals surface area contributed by atoms with Crippen LogP contribution >= 0.6 is 11.6 Å². The standard InChI is InChI=1S/C18H16ClFO2/c1-22-13-6-7-15-11(9-13)3-2-4-14(18(15)21)12-5-8-16(19)17(20)10-12/h5-10,14H,2-4H2,1H3. The second-order valence-electron chi connectivity index (χ2n) is 5.51. The summed E-state index contributed by atoms with van der Waals surface area (Å²) >= 11 is 5.73. The third-order valence-corrected chi connectivity index (χ3v) is 4.49. The maximum atomic E-state index is 13.7. The second-order valence-corrected chi connectivity index (χ2v) is 5.91. The normalized spacial score (nSPS) is 17.8. The first-order chi connectivity index (χ1) is 10.6. The first kappa shape index (κ1) is 15.0. The summed E-state index contributed by atoms with van der Waals surface area (Å²) in [6.07, 6.45) is 2.41. The fourth-order valence-corrected chi connectivity index (χ4v) is 3.12. The molecule has 1 aliphatic carbocycles. The molecule has 0 spiro atoms. The van der Waals surface area contributed by atoms with Gasteiger partial charge in [-0.3, -0.25) is 4.79 Å². The van der Waals surface area contributed by atoms with E-state index < -0.39 is 5.82 Å². The highest BCUT2D eigenvalue weighted by Crippen LogP contribution is 2.34. The lowest BCUT2D eigenvalue weighted by molar-refractivity contribution is 0.0957. The largest absolute Gasteiger partial charge is 0.497 e. The summed E-state index contributed by atoms with van der Waals surface area (Å²) in [5.41, 5.74) is 2.40. The number of Topliss-reactive ketones (excluding diaryl/α,β-unsaturated/α-hetero) is 1. The molecule has 0 saturated heterocycles. The van der Waals surface area contributed by atoms with Gasteiger partial charge in [0.1, 0.15) is 11.6 Å². The molecule has 22 heavy (non-hydrogen) atoms. The van der Waals surface area contributed by atoms with Gasteiger partial charge in [-0.25, -0.2) is 4.39 Å². The lowest BCUT2D eigenvalue weighted by Gasteiger charge is -2.15. The van der Waals surface area contributed by atoms with Gasteiger partial charge in [0.25, 0.3) is 0 Å². The van der Waals surface area contributed by atoms with Crippen LogP contribution in [0.25, 0.3) is 0 Å². The second kappa shape index (κ2) is 6.09. The first-order valence-electron chi connectivity index (χ1n) is 7.26. The van der Waals surface area contributed by atoms with Gasteiger partial charge in [-0.05, 0) is 60.7 Å². The van der Waals surface area contributed by atoms with Crippen molar-refractivity contribution in [1.29, 1.82) is 0 Å². The summed E-state index contributed by atoms with van der Waals surface area (Å²) in [6.45, 7) is 0.